The molecule has 1 aliphatic heterocycles. The molecule has 1 heterocycles. The van der Waals surface area contributed by atoms with Gasteiger partial charge in [0.05, 0.1) is 16.6 Å². The van der Waals surface area contributed by atoms with Gasteiger partial charge in [-0.05, 0) is 51.8 Å². The lowest BCUT2D eigenvalue weighted by atomic mass is 10.1. The lowest BCUT2D eigenvalue weighted by Gasteiger charge is -2.23. The minimum atomic E-state index is -3.79. The van der Waals surface area contributed by atoms with E-state index in [9.17, 15) is 18.3 Å². The summed E-state index contributed by atoms with van der Waals surface area (Å²) in [5, 5.41) is 12.5. The maximum absolute atomic E-state index is 12.4. The molecule has 1 saturated heterocycles. The molecular weight excluding hydrogens is 332 g/mol. The highest BCUT2D eigenvalue weighted by Crippen LogP contribution is 2.24. The molecule has 0 radical (unpaired) electrons. The first-order valence-electron chi connectivity index (χ1n) is 7.85. The molecule has 1 aromatic carbocycles. The highest BCUT2D eigenvalue weighted by atomic mass is 32.2. The summed E-state index contributed by atoms with van der Waals surface area (Å²) < 4.78 is 32.6. The maximum Gasteiger partial charge on any atom is 0.337 e. The number of carboxylic acid groups (broad SMARTS) is 1. The topological polar surface area (TPSA) is 105 Å². The standard InChI is InChI=1S/C16H24N2O5S/c1-16(2,3)18-14-7-6-12(9-13(14)15(19)20)24(21,22)17-10-11-5-4-8-23-11/h6-7,9,11,17-18H,4-5,8,10H2,1-3H3,(H,19,20)/t11-/m0/s1. The van der Waals surface area contributed by atoms with E-state index in [-0.39, 0.29) is 28.6 Å². The highest BCUT2D eigenvalue weighted by Gasteiger charge is 2.23. The molecule has 7 nitrogen and oxygen atoms in total. The van der Waals surface area contributed by atoms with Crippen LogP contribution in [0.1, 0.15) is 44.0 Å². The van der Waals surface area contributed by atoms with Crippen LogP contribution in [0.3, 0.4) is 0 Å². The van der Waals surface area contributed by atoms with Crippen LogP contribution >= 0.6 is 0 Å². The van der Waals surface area contributed by atoms with Gasteiger partial charge >= 0.3 is 5.97 Å². The molecule has 0 amide bonds. The Morgan fingerprint density at radius 3 is 2.62 bits per heavy atom. The van der Waals surface area contributed by atoms with Crippen molar-refractivity contribution in [2.45, 2.75) is 50.2 Å². The molecule has 0 saturated carbocycles. The number of carbonyl (C=O) groups is 1. The molecule has 24 heavy (non-hydrogen) atoms. The molecule has 0 aromatic heterocycles. The van der Waals surface area contributed by atoms with E-state index >= 15 is 0 Å². The molecule has 1 atom stereocenters. The number of sulfonamides is 1. The average molecular weight is 356 g/mol. The fraction of sp³-hybridized carbons (Fsp3) is 0.562. The smallest absolute Gasteiger partial charge is 0.337 e. The van der Waals surface area contributed by atoms with E-state index in [0.29, 0.717) is 12.3 Å². The number of ether oxygens (including phenoxy) is 1. The van der Waals surface area contributed by atoms with E-state index < -0.39 is 16.0 Å². The summed E-state index contributed by atoms with van der Waals surface area (Å²) >= 11 is 0. The van der Waals surface area contributed by atoms with Crippen LogP contribution in [0.15, 0.2) is 23.1 Å². The van der Waals surface area contributed by atoms with Crippen molar-refractivity contribution in [1.29, 1.82) is 0 Å². The van der Waals surface area contributed by atoms with Gasteiger partial charge in [-0.15, -0.1) is 0 Å². The normalized spacial score (nSPS) is 18.5. The van der Waals surface area contributed by atoms with Crippen molar-refractivity contribution in [2.75, 3.05) is 18.5 Å². The van der Waals surface area contributed by atoms with E-state index in [0.717, 1.165) is 12.8 Å². The van der Waals surface area contributed by atoms with Crippen molar-refractivity contribution in [3.63, 3.8) is 0 Å². The second-order valence-electron chi connectivity index (χ2n) is 6.87. The molecule has 134 valence electrons. The van der Waals surface area contributed by atoms with Gasteiger partial charge in [0.15, 0.2) is 0 Å². The Labute approximate surface area is 142 Å². The molecule has 0 unspecified atom stereocenters. The number of hydrogen-bond acceptors (Lipinski definition) is 5. The summed E-state index contributed by atoms with van der Waals surface area (Å²) in [6.07, 6.45) is 1.61. The van der Waals surface area contributed by atoms with Crippen LogP contribution in [-0.2, 0) is 14.8 Å². The minimum Gasteiger partial charge on any atom is -0.478 e. The molecule has 0 spiro atoms. The largest absolute Gasteiger partial charge is 0.478 e. The van der Waals surface area contributed by atoms with Crippen molar-refractivity contribution >= 4 is 21.7 Å². The predicted molar refractivity (Wildman–Crippen MR) is 90.9 cm³/mol. The molecule has 3 N–H and O–H groups in total. The number of carboxylic acids is 1. The summed E-state index contributed by atoms with van der Waals surface area (Å²) in [6.45, 7) is 6.51. The Morgan fingerprint density at radius 1 is 1.38 bits per heavy atom. The van der Waals surface area contributed by atoms with Gasteiger partial charge in [-0.2, -0.15) is 0 Å². The third kappa shape index (κ3) is 4.93. The van der Waals surface area contributed by atoms with E-state index in [1.165, 1.54) is 18.2 Å². The Bertz CT molecular complexity index is 704. The monoisotopic (exact) mass is 356 g/mol. The Kier molecular flexibility index (Phi) is 5.52. The first kappa shape index (κ1) is 18.7. The van der Waals surface area contributed by atoms with Gasteiger partial charge in [-0.1, -0.05) is 0 Å². The molecule has 0 bridgehead atoms. The van der Waals surface area contributed by atoms with Crippen LogP contribution in [0.2, 0.25) is 0 Å². The van der Waals surface area contributed by atoms with Crippen molar-refractivity contribution in [2.24, 2.45) is 0 Å². The van der Waals surface area contributed by atoms with Crippen LogP contribution in [-0.4, -0.2) is 44.3 Å². The zero-order valence-corrected chi connectivity index (χ0v) is 14.9. The molecular formula is C16H24N2O5S. The van der Waals surface area contributed by atoms with Crippen molar-refractivity contribution in [3.8, 4) is 0 Å². The third-order valence-electron chi connectivity index (χ3n) is 3.57. The predicted octanol–water partition coefficient (Wildman–Crippen LogP) is 2.05. The van der Waals surface area contributed by atoms with Gasteiger partial charge in [-0.25, -0.2) is 17.9 Å². The first-order valence-corrected chi connectivity index (χ1v) is 9.33. The third-order valence-corrected chi connectivity index (χ3v) is 4.99. The summed E-state index contributed by atoms with van der Waals surface area (Å²) in [5.74, 6) is -1.18. The van der Waals surface area contributed by atoms with Crippen molar-refractivity contribution in [3.05, 3.63) is 23.8 Å². The van der Waals surface area contributed by atoms with Gasteiger partial charge in [0.25, 0.3) is 0 Å². The maximum atomic E-state index is 12.4. The molecule has 2 rings (SSSR count). The van der Waals surface area contributed by atoms with Gasteiger partial charge in [0.2, 0.25) is 10.0 Å². The number of anilines is 1. The average Bonchev–Trinajstić information content (AvgIpc) is 2.97. The van der Waals surface area contributed by atoms with E-state index in [2.05, 4.69) is 10.0 Å². The number of hydrogen-bond donors (Lipinski definition) is 3. The van der Waals surface area contributed by atoms with Crippen molar-refractivity contribution in [1.82, 2.24) is 4.72 Å². The van der Waals surface area contributed by atoms with Crippen LogP contribution in [0.5, 0.6) is 0 Å². The molecule has 1 aromatic rings. The summed E-state index contributed by atoms with van der Waals surface area (Å²) in [5.41, 5.74) is -0.0409. The SMILES string of the molecule is CC(C)(C)Nc1ccc(S(=O)(=O)NC[C@@H]2CCCO2)cc1C(=O)O. The molecule has 8 heteroatoms. The summed E-state index contributed by atoms with van der Waals surface area (Å²) in [6, 6.07) is 4.06. The zero-order chi connectivity index (χ0) is 18.0. The Hall–Kier alpha value is -1.64. The van der Waals surface area contributed by atoms with Crippen LogP contribution in [0.25, 0.3) is 0 Å². The quantitative estimate of drug-likeness (QED) is 0.720. The van der Waals surface area contributed by atoms with Gasteiger partial charge in [0.1, 0.15) is 0 Å². The van der Waals surface area contributed by atoms with Gasteiger partial charge in [0, 0.05) is 24.4 Å². The lowest BCUT2D eigenvalue weighted by Crippen LogP contribution is -2.32. The fourth-order valence-corrected chi connectivity index (χ4v) is 3.56. The Morgan fingerprint density at radius 2 is 2.08 bits per heavy atom. The van der Waals surface area contributed by atoms with Crippen LogP contribution in [0, 0.1) is 0 Å². The summed E-state index contributed by atoms with van der Waals surface area (Å²) in [7, 11) is -3.79. The zero-order valence-electron chi connectivity index (χ0n) is 14.1. The number of benzene rings is 1. The molecule has 1 aliphatic rings. The number of aromatic carboxylic acids is 1. The first-order chi connectivity index (χ1) is 11.1. The van der Waals surface area contributed by atoms with Crippen LogP contribution in [0.4, 0.5) is 5.69 Å². The van der Waals surface area contributed by atoms with Gasteiger partial charge < -0.3 is 15.2 Å². The van der Waals surface area contributed by atoms with E-state index in [1.54, 1.807) is 0 Å². The number of rotatable bonds is 6. The second-order valence-corrected chi connectivity index (χ2v) is 8.64. The van der Waals surface area contributed by atoms with Crippen molar-refractivity contribution < 1.29 is 23.1 Å². The minimum absolute atomic E-state index is 0.0719. The summed E-state index contributed by atoms with van der Waals surface area (Å²) in [4.78, 5) is 11.4. The van der Waals surface area contributed by atoms with Gasteiger partial charge in [-0.3, -0.25) is 0 Å². The van der Waals surface area contributed by atoms with E-state index in [4.69, 9.17) is 4.74 Å². The fourth-order valence-electron chi connectivity index (χ4n) is 2.47. The molecule has 0 aliphatic carbocycles. The lowest BCUT2D eigenvalue weighted by molar-refractivity contribution is 0.0697. The highest BCUT2D eigenvalue weighted by molar-refractivity contribution is 7.89. The van der Waals surface area contributed by atoms with Crippen LogP contribution < -0.4 is 10.0 Å². The van der Waals surface area contributed by atoms with E-state index in [1.807, 2.05) is 20.8 Å². The molecule has 1 fully saturated rings. The Balaban J connectivity index is 2.23. The number of nitrogens with one attached hydrogen (secondary N) is 2. The second kappa shape index (κ2) is 7.08.